The number of nitrogens with zero attached hydrogens (tertiary/aromatic N) is 5. The second-order valence-corrected chi connectivity index (χ2v) is 12.0. The molecule has 3 N–H and O–H groups in total. The fourth-order valence-electron chi connectivity index (χ4n) is 6.30. The molecule has 216 valence electrons. The third-order valence-corrected chi connectivity index (χ3v) is 9.40. The number of hydrogen-bond donors (Lipinski definition) is 3. The van der Waals surface area contributed by atoms with E-state index in [1.807, 2.05) is 9.80 Å². The molecule has 1 aromatic carbocycles. The van der Waals surface area contributed by atoms with Crippen LogP contribution >= 0.6 is 22.9 Å². The molecule has 41 heavy (non-hydrogen) atoms. The molecule has 4 heterocycles. The predicted molar refractivity (Wildman–Crippen MR) is 148 cm³/mol. The maximum atomic E-state index is 13.8. The first kappa shape index (κ1) is 27.6. The summed E-state index contributed by atoms with van der Waals surface area (Å²) in [4.78, 5) is 52.0. The van der Waals surface area contributed by atoms with Gasteiger partial charge in [-0.2, -0.15) is 0 Å². The molecule has 2 amide bonds. The SMILES string of the molecule is O=C(O)C1=C(CN2CCN3C(=O)N([C@H]4CC[C@H](C(=O)O)C4)C[C@@H]3C2)NC(c2nccs2)=N[C@H]1c1ccc(F)cc1Cl. The standard InChI is InChI=1S/C27H28ClFN6O5S/c28-19-10-15(29)2-4-18(19)22-21(26(38)39)20(31-23(32-22)24-30-5-8-41-24)13-33-6-7-34-17(11-33)12-35(27(34)40)16-3-1-14(9-16)25(36)37/h2,4-5,8,10,14,16-17,22H,1,3,6-7,9,11-13H2,(H,31,32)(H,36,37)(H,38,39)/t14-,16-,17-,22-/m0/s1. The van der Waals surface area contributed by atoms with Gasteiger partial charge in [0, 0.05) is 66.6 Å². The Labute approximate surface area is 243 Å². The summed E-state index contributed by atoms with van der Waals surface area (Å²) in [5, 5.41) is 25.3. The zero-order valence-corrected chi connectivity index (χ0v) is 23.4. The number of piperazine rings is 1. The first-order valence-corrected chi connectivity index (χ1v) is 14.6. The second-order valence-electron chi connectivity index (χ2n) is 10.7. The van der Waals surface area contributed by atoms with E-state index in [-0.39, 0.29) is 35.3 Å². The zero-order chi connectivity index (χ0) is 28.8. The number of aromatic nitrogens is 1. The molecular weight excluding hydrogens is 575 g/mol. The van der Waals surface area contributed by atoms with Crippen molar-refractivity contribution in [1.82, 2.24) is 25.0 Å². The molecule has 14 heteroatoms. The molecule has 1 aromatic heterocycles. The quantitative estimate of drug-likeness (QED) is 0.440. The molecule has 0 unspecified atom stereocenters. The number of carboxylic acid groups (broad SMARTS) is 2. The Bertz CT molecular complexity index is 1450. The van der Waals surface area contributed by atoms with Gasteiger partial charge in [-0.05, 0) is 31.4 Å². The Morgan fingerprint density at radius 3 is 2.66 bits per heavy atom. The van der Waals surface area contributed by atoms with Gasteiger partial charge in [-0.15, -0.1) is 11.3 Å². The van der Waals surface area contributed by atoms with Gasteiger partial charge in [0.05, 0.1) is 17.5 Å². The van der Waals surface area contributed by atoms with E-state index in [2.05, 4.69) is 20.2 Å². The van der Waals surface area contributed by atoms with E-state index in [1.54, 1.807) is 11.6 Å². The van der Waals surface area contributed by atoms with Gasteiger partial charge in [-0.3, -0.25) is 14.7 Å². The second kappa shape index (κ2) is 11.0. The summed E-state index contributed by atoms with van der Waals surface area (Å²) in [6.07, 6.45) is 3.35. The number of carbonyl (C=O) groups excluding carboxylic acids is 1. The minimum atomic E-state index is -1.17. The molecule has 1 aliphatic carbocycles. The summed E-state index contributed by atoms with van der Waals surface area (Å²) < 4.78 is 13.8. The number of rotatable bonds is 7. The van der Waals surface area contributed by atoms with E-state index >= 15 is 0 Å². The van der Waals surface area contributed by atoms with Gasteiger partial charge in [0.25, 0.3) is 0 Å². The Hall–Kier alpha value is -3.55. The number of aliphatic imine (C=N–C) groups is 1. The summed E-state index contributed by atoms with van der Waals surface area (Å²) in [5.74, 6) is -2.54. The number of amidine groups is 1. The van der Waals surface area contributed by atoms with Crippen molar-refractivity contribution in [1.29, 1.82) is 0 Å². The molecule has 11 nitrogen and oxygen atoms in total. The van der Waals surface area contributed by atoms with Gasteiger partial charge in [-0.1, -0.05) is 17.7 Å². The van der Waals surface area contributed by atoms with Crippen LogP contribution in [-0.4, -0.2) is 98.5 Å². The van der Waals surface area contributed by atoms with Crippen LogP contribution in [0.2, 0.25) is 5.02 Å². The molecule has 2 aromatic rings. The number of amides is 2. The van der Waals surface area contributed by atoms with Crippen LogP contribution in [0.25, 0.3) is 0 Å². The highest BCUT2D eigenvalue weighted by molar-refractivity contribution is 7.11. The lowest BCUT2D eigenvalue weighted by Crippen LogP contribution is -2.53. The van der Waals surface area contributed by atoms with Crippen molar-refractivity contribution in [2.45, 2.75) is 37.4 Å². The molecule has 1 saturated carbocycles. The van der Waals surface area contributed by atoms with Crippen LogP contribution in [0.1, 0.15) is 35.9 Å². The first-order valence-electron chi connectivity index (χ1n) is 13.4. The predicted octanol–water partition coefficient (Wildman–Crippen LogP) is 3.04. The lowest BCUT2D eigenvalue weighted by molar-refractivity contribution is -0.141. The average Bonchev–Trinajstić information content (AvgIpc) is 3.69. The number of thiazole rings is 1. The molecule has 0 bridgehead atoms. The van der Waals surface area contributed by atoms with Crippen LogP contribution in [0.5, 0.6) is 0 Å². The lowest BCUT2D eigenvalue weighted by Gasteiger charge is -2.38. The van der Waals surface area contributed by atoms with Crippen molar-refractivity contribution < 1.29 is 29.0 Å². The lowest BCUT2D eigenvalue weighted by atomic mass is 9.95. The van der Waals surface area contributed by atoms with Gasteiger partial charge >= 0.3 is 18.0 Å². The van der Waals surface area contributed by atoms with Gasteiger partial charge in [-0.25, -0.2) is 19.0 Å². The van der Waals surface area contributed by atoms with Gasteiger partial charge < -0.3 is 25.3 Å². The average molecular weight is 603 g/mol. The van der Waals surface area contributed by atoms with Crippen LogP contribution in [-0.2, 0) is 9.59 Å². The maximum absolute atomic E-state index is 13.8. The van der Waals surface area contributed by atoms with Gasteiger partial charge in [0.2, 0.25) is 0 Å². The van der Waals surface area contributed by atoms with E-state index in [9.17, 15) is 29.0 Å². The van der Waals surface area contributed by atoms with Crippen LogP contribution in [0.4, 0.5) is 9.18 Å². The van der Waals surface area contributed by atoms with Crippen LogP contribution < -0.4 is 5.32 Å². The molecule has 4 atom stereocenters. The number of aliphatic carboxylic acids is 2. The number of nitrogens with one attached hydrogen (secondary N) is 1. The largest absolute Gasteiger partial charge is 0.481 e. The first-order chi connectivity index (χ1) is 19.7. The molecule has 3 aliphatic heterocycles. The van der Waals surface area contributed by atoms with Crippen molar-refractivity contribution in [2.75, 3.05) is 32.7 Å². The summed E-state index contributed by atoms with van der Waals surface area (Å²) in [5.41, 5.74) is 0.811. The highest BCUT2D eigenvalue weighted by Crippen LogP contribution is 2.37. The Kier molecular flexibility index (Phi) is 7.43. The Balaban J connectivity index is 1.25. The zero-order valence-electron chi connectivity index (χ0n) is 21.9. The number of halogens is 2. The molecule has 2 saturated heterocycles. The number of carbonyl (C=O) groups is 3. The Morgan fingerprint density at radius 1 is 1.15 bits per heavy atom. The van der Waals surface area contributed by atoms with Crippen molar-refractivity contribution in [3.63, 3.8) is 0 Å². The smallest absolute Gasteiger partial charge is 0.335 e. The third kappa shape index (κ3) is 5.29. The summed E-state index contributed by atoms with van der Waals surface area (Å²) >= 11 is 7.72. The number of carboxylic acids is 2. The molecule has 4 aliphatic rings. The van der Waals surface area contributed by atoms with Gasteiger partial charge in [0.15, 0.2) is 10.8 Å². The van der Waals surface area contributed by atoms with E-state index in [1.165, 1.54) is 23.5 Å². The van der Waals surface area contributed by atoms with Crippen LogP contribution in [0, 0.1) is 11.7 Å². The minimum Gasteiger partial charge on any atom is -0.481 e. The molecule has 3 fully saturated rings. The highest BCUT2D eigenvalue weighted by Gasteiger charge is 2.46. The molecule has 0 spiro atoms. The van der Waals surface area contributed by atoms with Crippen LogP contribution in [0.15, 0.2) is 46.0 Å². The highest BCUT2D eigenvalue weighted by atomic mass is 35.5. The summed E-state index contributed by atoms with van der Waals surface area (Å²) in [7, 11) is 0. The van der Waals surface area contributed by atoms with Crippen molar-refractivity contribution in [3.8, 4) is 0 Å². The van der Waals surface area contributed by atoms with E-state index in [0.29, 0.717) is 67.5 Å². The van der Waals surface area contributed by atoms with Crippen LogP contribution in [0.3, 0.4) is 0 Å². The normalized spacial score (nSPS) is 26.7. The summed E-state index contributed by atoms with van der Waals surface area (Å²) in [6.45, 7) is 2.30. The summed E-state index contributed by atoms with van der Waals surface area (Å²) in [6, 6.07) is 2.61. The van der Waals surface area contributed by atoms with Crippen molar-refractivity contribution in [2.24, 2.45) is 10.9 Å². The maximum Gasteiger partial charge on any atom is 0.335 e. The molecule has 0 radical (unpaired) electrons. The monoisotopic (exact) mass is 602 g/mol. The van der Waals surface area contributed by atoms with E-state index in [0.717, 1.165) is 6.07 Å². The molecule has 6 rings (SSSR count). The third-order valence-electron chi connectivity index (χ3n) is 8.29. The van der Waals surface area contributed by atoms with E-state index < -0.39 is 29.7 Å². The topological polar surface area (TPSA) is 139 Å². The van der Waals surface area contributed by atoms with Crippen molar-refractivity contribution >= 4 is 46.7 Å². The fourth-order valence-corrected chi connectivity index (χ4v) is 7.16. The molecular formula is C27H28ClFN6O5S. The fraction of sp³-hybridized carbons (Fsp3) is 0.444. The number of benzene rings is 1. The number of urea groups is 1. The van der Waals surface area contributed by atoms with E-state index in [4.69, 9.17) is 11.6 Å². The Morgan fingerprint density at radius 2 is 1.98 bits per heavy atom. The van der Waals surface area contributed by atoms with Gasteiger partial charge in [0.1, 0.15) is 11.9 Å². The number of hydrogen-bond acceptors (Lipinski definition) is 8. The van der Waals surface area contributed by atoms with Crippen molar-refractivity contribution in [3.05, 3.63) is 62.5 Å². The minimum absolute atomic E-state index is 0.0102. The number of fused-ring (bicyclic) bond motifs is 1.